The lowest BCUT2D eigenvalue weighted by Gasteiger charge is -2.36. The molecule has 1 aliphatic rings. The molecule has 6 nitrogen and oxygen atoms in total. The normalized spacial score (nSPS) is 32.4. The monoisotopic (exact) mass is 392 g/mol. The van der Waals surface area contributed by atoms with Crippen molar-refractivity contribution in [3.8, 4) is 0 Å². The SMILES string of the molecule is N/C(Cc1ccccc1)=[NH+]\[C@@H]1S[C@H](CO)[C@@H](O)[C@H](O)[C@H]1O.[Br-]. The Morgan fingerprint density at radius 1 is 1.09 bits per heavy atom. The van der Waals surface area contributed by atoms with Crippen molar-refractivity contribution in [3.63, 3.8) is 0 Å². The Hall–Kier alpha value is -0.640. The molecule has 0 unspecified atom stereocenters. The van der Waals surface area contributed by atoms with E-state index in [1.165, 1.54) is 11.8 Å². The highest BCUT2D eigenvalue weighted by molar-refractivity contribution is 8.00. The highest BCUT2D eigenvalue weighted by Crippen LogP contribution is 2.28. The average molecular weight is 393 g/mol. The number of amidine groups is 1. The Balaban J connectivity index is 0.00000242. The van der Waals surface area contributed by atoms with Gasteiger partial charge in [0.05, 0.1) is 24.4 Å². The lowest BCUT2D eigenvalue weighted by Crippen LogP contribution is -3.00. The first-order chi connectivity index (χ1) is 10.0. The number of hydrogen-bond acceptors (Lipinski definition) is 5. The van der Waals surface area contributed by atoms with Gasteiger partial charge in [-0.25, -0.2) is 0 Å². The number of rotatable bonds is 4. The van der Waals surface area contributed by atoms with Crippen LogP contribution in [-0.2, 0) is 6.42 Å². The molecule has 1 saturated heterocycles. The van der Waals surface area contributed by atoms with E-state index in [2.05, 4.69) is 4.99 Å². The average Bonchev–Trinajstić information content (AvgIpc) is 2.49. The topological polar surface area (TPSA) is 121 Å². The van der Waals surface area contributed by atoms with E-state index in [9.17, 15) is 20.4 Å². The molecule has 22 heavy (non-hydrogen) atoms. The Morgan fingerprint density at radius 2 is 1.73 bits per heavy atom. The van der Waals surface area contributed by atoms with E-state index in [4.69, 9.17) is 5.73 Å². The van der Waals surface area contributed by atoms with Crippen molar-refractivity contribution in [2.24, 2.45) is 5.73 Å². The third-order valence-corrected chi connectivity index (χ3v) is 4.92. The number of hydrogen-bond donors (Lipinski definition) is 6. The standard InChI is InChI=1S/C14H20N2O4S.BrH/c15-10(6-8-4-2-1-3-5-8)16-14-13(20)12(19)11(18)9(7-17)21-14;/h1-5,9,11-14,17-20H,6-7H2,(H2,15,16);1H/t9-,11-,12+,13-,14-;/m1./s1. The second kappa shape index (κ2) is 8.85. The summed E-state index contributed by atoms with van der Waals surface area (Å²) in [7, 11) is 0. The van der Waals surface area contributed by atoms with Crippen molar-refractivity contribution in [1.29, 1.82) is 0 Å². The van der Waals surface area contributed by atoms with E-state index in [0.717, 1.165) is 5.56 Å². The lowest BCUT2D eigenvalue weighted by atomic mass is 10.0. The molecule has 0 radical (unpaired) electrons. The first-order valence-electron chi connectivity index (χ1n) is 6.75. The Labute approximate surface area is 143 Å². The van der Waals surface area contributed by atoms with Crippen molar-refractivity contribution < 1.29 is 42.4 Å². The molecule has 0 amide bonds. The number of nitrogens with two attached hydrogens (primary N) is 1. The van der Waals surface area contributed by atoms with Gasteiger partial charge in [-0.3, -0.25) is 10.7 Å². The maximum Gasteiger partial charge on any atom is 0.245 e. The fraction of sp³-hybridized carbons (Fsp3) is 0.500. The van der Waals surface area contributed by atoms with Crippen LogP contribution in [0.3, 0.4) is 0 Å². The second-order valence-electron chi connectivity index (χ2n) is 5.08. The van der Waals surface area contributed by atoms with Crippen LogP contribution >= 0.6 is 11.8 Å². The second-order valence-corrected chi connectivity index (χ2v) is 6.47. The van der Waals surface area contributed by atoms with Crippen molar-refractivity contribution in [1.82, 2.24) is 0 Å². The zero-order valence-corrected chi connectivity index (χ0v) is 14.2. The number of aliphatic hydroxyl groups is 4. The summed E-state index contributed by atoms with van der Waals surface area (Å²) in [5, 5.41) is 37.6. The van der Waals surface area contributed by atoms with Gasteiger partial charge in [-0.2, -0.15) is 0 Å². The molecule has 0 aliphatic carbocycles. The predicted octanol–water partition coefficient (Wildman–Crippen LogP) is -5.81. The van der Waals surface area contributed by atoms with E-state index < -0.39 is 28.9 Å². The van der Waals surface area contributed by atoms with Gasteiger partial charge in [0.2, 0.25) is 5.84 Å². The summed E-state index contributed by atoms with van der Waals surface area (Å²) < 4.78 is 0. The number of thioether (sulfide) groups is 1. The maximum atomic E-state index is 9.99. The van der Waals surface area contributed by atoms with Crippen LogP contribution in [0.15, 0.2) is 30.3 Å². The molecular formula is C14H21BrN2O4S. The van der Waals surface area contributed by atoms with Gasteiger partial charge in [0, 0.05) is 0 Å². The first kappa shape index (κ1) is 19.4. The Kier molecular flexibility index (Phi) is 7.81. The van der Waals surface area contributed by atoms with Crippen LogP contribution in [0.1, 0.15) is 5.56 Å². The molecule has 8 heteroatoms. The van der Waals surface area contributed by atoms with Gasteiger partial charge in [-0.15, -0.1) is 11.8 Å². The largest absolute Gasteiger partial charge is 1.00 e. The number of nitrogens with one attached hydrogen (secondary N) is 1. The Morgan fingerprint density at radius 3 is 2.32 bits per heavy atom. The van der Waals surface area contributed by atoms with E-state index in [1.807, 2.05) is 30.3 Å². The first-order valence-corrected chi connectivity index (χ1v) is 7.69. The molecule has 0 aromatic heterocycles. The molecular weight excluding hydrogens is 372 g/mol. The Bertz CT molecular complexity index is 489. The minimum Gasteiger partial charge on any atom is -1.00 e. The molecule has 1 aliphatic heterocycles. The molecule has 1 heterocycles. The van der Waals surface area contributed by atoms with Crippen LogP contribution in [0.2, 0.25) is 0 Å². The fourth-order valence-electron chi connectivity index (χ4n) is 2.27. The molecule has 0 spiro atoms. The minimum absolute atomic E-state index is 0. The van der Waals surface area contributed by atoms with Crippen molar-refractivity contribution in [2.45, 2.75) is 35.4 Å². The van der Waals surface area contributed by atoms with Crippen LogP contribution in [0.5, 0.6) is 0 Å². The molecule has 7 N–H and O–H groups in total. The highest BCUT2D eigenvalue weighted by atomic mass is 79.9. The summed E-state index contributed by atoms with van der Waals surface area (Å²) in [4.78, 5) is 2.96. The van der Waals surface area contributed by atoms with Gasteiger partial charge in [-0.1, -0.05) is 30.3 Å². The molecule has 124 valence electrons. The molecule has 5 atom stereocenters. The van der Waals surface area contributed by atoms with E-state index in [0.29, 0.717) is 12.3 Å². The summed E-state index contributed by atoms with van der Waals surface area (Å²) >= 11 is 1.17. The van der Waals surface area contributed by atoms with Crippen LogP contribution in [-0.4, -0.2) is 61.8 Å². The van der Waals surface area contributed by atoms with Gasteiger partial charge in [0.1, 0.15) is 12.2 Å². The quantitative estimate of drug-likeness (QED) is 0.224. The third kappa shape index (κ3) is 4.68. The van der Waals surface area contributed by atoms with E-state index in [-0.39, 0.29) is 23.6 Å². The maximum absolute atomic E-state index is 9.99. The summed E-state index contributed by atoms with van der Waals surface area (Å²) in [5.74, 6) is 0.457. The molecule has 1 aromatic carbocycles. The minimum atomic E-state index is -1.31. The van der Waals surface area contributed by atoms with Gasteiger partial charge in [0.15, 0.2) is 5.37 Å². The van der Waals surface area contributed by atoms with E-state index >= 15 is 0 Å². The summed E-state index contributed by atoms with van der Waals surface area (Å²) in [6.07, 6.45) is -3.15. The predicted molar refractivity (Wildman–Crippen MR) is 80.6 cm³/mol. The zero-order valence-electron chi connectivity index (χ0n) is 11.8. The van der Waals surface area contributed by atoms with Crippen molar-refractivity contribution in [2.75, 3.05) is 6.61 Å². The van der Waals surface area contributed by atoms with Gasteiger partial charge < -0.3 is 37.4 Å². The summed E-state index contributed by atoms with van der Waals surface area (Å²) in [5.41, 5.74) is 6.97. The highest BCUT2D eigenvalue weighted by Gasteiger charge is 2.44. The fourth-order valence-corrected chi connectivity index (χ4v) is 3.60. The van der Waals surface area contributed by atoms with Crippen LogP contribution in [0, 0.1) is 0 Å². The molecule has 2 rings (SSSR count). The van der Waals surface area contributed by atoms with Gasteiger partial charge in [0.25, 0.3) is 0 Å². The molecule has 1 aromatic rings. The van der Waals surface area contributed by atoms with Gasteiger partial charge >= 0.3 is 0 Å². The molecule has 1 fully saturated rings. The number of halogens is 1. The van der Waals surface area contributed by atoms with Crippen LogP contribution < -0.4 is 27.7 Å². The number of aliphatic hydroxyl groups excluding tert-OH is 4. The smallest absolute Gasteiger partial charge is 0.245 e. The van der Waals surface area contributed by atoms with Crippen LogP contribution in [0.25, 0.3) is 0 Å². The molecule has 0 bridgehead atoms. The number of benzene rings is 1. The molecule has 0 saturated carbocycles. The van der Waals surface area contributed by atoms with Gasteiger partial charge in [-0.05, 0) is 5.56 Å². The summed E-state index contributed by atoms with van der Waals surface area (Å²) in [6, 6.07) is 9.61. The summed E-state index contributed by atoms with van der Waals surface area (Å²) in [6.45, 7) is -0.285. The van der Waals surface area contributed by atoms with Crippen LogP contribution in [0.4, 0.5) is 0 Å². The lowest BCUT2D eigenvalue weighted by molar-refractivity contribution is -0.493. The van der Waals surface area contributed by atoms with E-state index in [1.54, 1.807) is 0 Å². The zero-order chi connectivity index (χ0) is 15.4. The van der Waals surface area contributed by atoms with Crippen molar-refractivity contribution in [3.05, 3.63) is 35.9 Å². The van der Waals surface area contributed by atoms with Crippen molar-refractivity contribution >= 4 is 17.6 Å². The third-order valence-electron chi connectivity index (χ3n) is 3.46.